The van der Waals surface area contributed by atoms with Gasteiger partial charge in [0.15, 0.2) is 0 Å². The van der Waals surface area contributed by atoms with Crippen LogP contribution in [-0.2, 0) is 19.6 Å². The molecule has 1 saturated carbocycles. The van der Waals surface area contributed by atoms with Crippen LogP contribution in [0, 0.1) is 5.92 Å². The van der Waals surface area contributed by atoms with Gasteiger partial charge in [-0.05, 0) is 60.4 Å². The number of benzene rings is 2. The standard InChI is InChI=1S/C24H31N3O2/c1-29-23-12-8-18(9-13-23)14-25-24(28)26-22-10-6-19(7-11-22)15-27-16-20-4-2-3-5-21(20)17-27/h2-5,8-9,12-13,19,22H,6-7,10-11,14-17H2,1H3,(H2,25,26,28). The van der Waals surface area contributed by atoms with E-state index >= 15 is 0 Å². The highest BCUT2D eigenvalue weighted by Gasteiger charge is 2.26. The predicted molar refractivity (Wildman–Crippen MR) is 115 cm³/mol. The third kappa shape index (κ3) is 5.30. The number of hydrogen-bond donors (Lipinski definition) is 2. The van der Waals surface area contributed by atoms with Gasteiger partial charge in [0.1, 0.15) is 5.75 Å². The zero-order chi connectivity index (χ0) is 20.1. The average molecular weight is 394 g/mol. The molecule has 1 aliphatic carbocycles. The van der Waals surface area contributed by atoms with Crippen molar-refractivity contribution in [3.8, 4) is 5.75 Å². The molecule has 29 heavy (non-hydrogen) atoms. The van der Waals surface area contributed by atoms with Crippen molar-refractivity contribution in [1.82, 2.24) is 15.5 Å². The van der Waals surface area contributed by atoms with E-state index in [4.69, 9.17) is 4.74 Å². The second-order valence-electron chi connectivity index (χ2n) is 8.33. The normalized spacial score (nSPS) is 21.4. The molecule has 2 amide bonds. The molecule has 2 aromatic rings. The van der Waals surface area contributed by atoms with Crippen LogP contribution in [0.15, 0.2) is 48.5 Å². The lowest BCUT2D eigenvalue weighted by Crippen LogP contribution is -2.44. The van der Waals surface area contributed by atoms with Gasteiger partial charge in [-0.25, -0.2) is 4.79 Å². The molecule has 0 bridgehead atoms. The summed E-state index contributed by atoms with van der Waals surface area (Å²) < 4.78 is 5.16. The molecule has 0 saturated heterocycles. The molecule has 0 atom stereocenters. The largest absolute Gasteiger partial charge is 0.497 e. The molecule has 1 aliphatic heterocycles. The first kappa shape index (κ1) is 19.8. The molecular weight excluding hydrogens is 362 g/mol. The summed E-state index contributed by atoms with van der Waals surface area (Å²) in [5.41, 5.74) is 4.03. The summed E-state index contributed by atoms with van der Waals surface area (Å²) in [6.45, 7) is 3.87. The Morgan fingerprint density at radius 1 is 1.00 bits per heavy atom. The molecule has 0 spiro atoms. The minimum atomic E-state index is -0.0701. The Morgan fingerprint density at radius 3 is 2.28 bits per heavy atom. The van der Waals surface area contributed by atoms with E-state index in [1.54, 1.807) is 7.11 Å². The molecule has 0 radical (unpaired) electrons. The fraction of sp³-hybridized carbons (Fsp3) is 0.458. The maximum Gasteiger partial charge on any atom is 0.315 e. The van der Waals surface area contributed by atoms with Crippen molar-refractivity contribution in [2.75, 3.05) is 13.7 Å². The molecule has 0 unspecified atom stereocenters. The van der Waals surface area contributed by atoms with Gasteiger partial charge in [-0.3, -0.25) is 4.90 Å². The highest BCUT2D eigenvalue weighted by molar-refractivity contribution is 5.74. The molecule has 154 valence electrons. The van der Waals surface area contributed by atoms with Crippen LogP contribution in [0.3, 0.4) is 0 Å². The van der Waals surface area contributed by atoms with Crippen molar-refractivity contribution in [2.24, 2.45) is 5.92 Å². The van der Waals surface area contributed by atoms with E-state index in [1.807, 2.05) is 24.3 Å². The van der Waals surface area contributed by atoms with Crippen LogP contribution in [0.1, 0.15) is 42.4 Å². The summed E-state index contributed by atoms with van der Waals surface area (Å²) in [7, 11) is 1.65. The van der Waals surface area contributed by atoms with Crippen LogP contribution in [0.25, 0.3) is 0 Å². The summed E-state index contributed by atoms with van der Waals surface area (Å²) in [4.78, 5) is 14.8. The Balaban J connectivity index is 1.15. The lowest BCUT2D eigenvalue weighted by Gasteiger charge is -2.31. The van der Waals surface area contributed by atoms with Crippen LogP contribution in [0.4, 0.5) is 4.79 Å². The monoisotopic (exact) mass is 393 g/mol. The number of carbonyl (C=O) groups excluding carboxylic acids is 1. The first-order chi connectivity index (χ1) is 14.2. The van der Waals surface area contributed by atoms with Crippen molar-refractivity contribution < 1.29 is 9.53 Å². The Labute approximate surface area is 173 Å². The van der Waals surface area contributed by atoms with Crippen molar-refractivity contribution in [2.45, 2.75) is 51.4 Å². The number of rotatable bonds is 6. The van der Waals surface area contributed by atoms with Gasteiger partial charge in [-0.2, -0.15) is 0 Å². The van der Waals surface area contributed by atoms with Crippen molar-refractivity contribution in [3.63, 3.8) is 0 Å². The summed E-state index contributed by atoms with van der Waals surface area (Å²) in [5, 5.41) is 6.12. The minimum Gasteiger partial charge on any atom is -0.497 e. The zero-order valence-electron chi connectivity index (χ0n) is 17.2. The number of hydrogen-bond acceptors (Lipinski definition) is 3. The number of amides is 2. The summed E-state index contributed by atoms with van der Waals surface area (Å²) in [6.07, 6.45) is 4.52. The molecule has 4 rings (SSSR count). The Hall–Kier alpha value is -2.53. The number of methoxy groups -OCH3 is 1. The van der Waals surface area contributed by atoms with Crippen molar-refractivity contribution >= 4 is 6.03 Å². The lowest BCUT2D eigenvalue weighted by molar-refractivity contribution is 0.186. The van der Waals surface area contributed by atoms with E-state index in [0.717, 1.165) is 43.2 Å². The molecule has 2 aliphatic rings. The first-order valence-corrected chi connectivity index (χ1v) is 10.7. The van der Waals surface area contributed by atoms with Crippen LogP contribution in [0.2, 0.25) is 0 Å². The SMILES string of the molecule is COc1ccc(CNC(=O)NC2CCC(CN3Cc4ccccc4C3)CC2)cc1. The van der Waals surface area contributed by atoms with Gasteiger partial charge in [-0.1, -0.05) is 36.4 Å². The summed E-state index contributed by atoms with van der Waals surface area (Å²) >= 11 is 0. The fourth-order valence-electron chi connectivity index (χ4n) is 4.55. The van der Waals surface area contributed by atoms with E-state index in [0.29, 0.717) is 6.54 Å². The third-order valence-electron chi connectivity index (χ3n) is 6.22. The van der Waals surface area contributed by atoms with E-state index in [2.05, 4.69) is 39.8 Å². The van der Waals surface area contributed by atoms with Crippen LogP contribution in [0.5, 0.6) is 5.75 Å². The maximum atomic E-state index is 12.2. The molecule has 1 heterocycles. The zero-order valence-corrected chi connectivity index (χ0v) is 17.2. The molecule has 5 nitrogen and oxygen atoms in total. The topological polar surface area (TPSA) is 53.6 Å². The van der Waals surface area contributed by atoms with Crippen molar-refractivity contribution in [3.05, 3.63) is 65.2 Å². The van der Waals surface area contributed by atoms with Gasteiger partial charge in [0, 0.05) is 32.2 Å². The van der Waals surface area contributed by atoms with Gasteiger partial charge in [0.05, 0.1) is 7.11 Å². The van der Waals surface area contributed by atoms with Crippen LogP contribution in [-0.4, -0.2) is 30.6 Å². The Bertz CT molecular complexity index is 788. The van der Waals surface area contributed by atoms with Gasteiger partial charge in [0.2, 0.25) is 0 Å². The number of fused-ring (bicyclic) bond motifs is 1. The summed E-state index contributed by atoms with van der Waals surface area (Å²) in [5.74, 6) is 1.57. The number of urea groups is 1. The highest BCUT2D eigenvalue weighted by atomic mass is 16.5. The van der Waals surface area contributed by atoms with E-state index in [-0.39, 0.29) is 12.1 Å². The first-order valence-electron chi connectivity index (χ1n) is 10.7. The van der Waals surface area contributed by atoms with Gasteiger partial charge < -0.3 is 15.4 Å². The number of carbonyl (C=O) groups is 1. The quantitative estimate of drug-likeness (QED) is 0.778. The lowest BCUT2D eigenvalue weighted by atomic mass is 9.85. The Morgan fingerprint density at radius 2 is 1.66 bits per heavy atom. The number of nitrogens with one attached hydrogen (secondary N) is 2. The second kappa shape index (κ2) is 9.31. The third-order valence-corrected chi connectivity index (χ3v) is 6.22. The van der Waals surface area contributed by atoms with E-state index in [1.165, 1.54) is 30.5 Å². The summed E-state index contributed by atoms with van der Waals surface area (Å²) in [6, 6.07) is 16.8. The number of nitrogens with zero attached hydrogens (tertiary/aromatic N) is 1. The number of ether oxygens (including phenoxy) is 1. The van der Waals surface area contributed by atoms with Gasteiger partial charge >= 0.3 is 6.03 Å². The van der Waals surface area contributed by atoms with E-state index in [9.17, 15) is 4.79 Å². The smallest absolute Gasteiger partial charge is 0.315 e. The average Bonchev–Trinajstić information content (AvgIpc) is 3.16. The minimum absolute atomic E-state index is 0.0701. The fourth-order valence-corrected chi connectivity index (χ4v) is 4.55. The van der Waals surface area contributed by atoms with Gasteiger partial charge in [0.25, 0.3) is 0 Å². The van der Waals surface area contributed by atoms with Gasteiger partial charge in [-0.15, -0.1) is 0 Å². The molecule has 5 heteroatoms. The van der Waals surface area contributed by atoms with Crippen molar-refractivity contribution in [1.29, 1.82) is 0 Å². The highest BCUT2D eigenvalue weighted by Crippen LogP contribution is 2.29. The predicted octanol–water partition coefficient (Wildman–Crippen LogP) is 4.07. The molecule has 2 aromatic carbocycles. The molecule has 0 aromatic heterocycles. The Kier molecular flexibility index (Phi) is 6.35. The van der Waals surface area contributed by atoms with Crippen LogP contribution >= 0.6 is 0 Å². The molecular formula is C24H31N3O2. The molecule has 1 fully saturated rings. The second-order valence-corrected chi connectivity index (χ2v) is 8.33. The maximum absolute atomic E-state index is 12.2. The molecule has 2 N–H and O–H groups in total. The van der Waals surface area contributed by atoms with E-state index < -0.39 is 0 Å². The van der Waals surface area contributed by atoms with Crippen LogP contribution < -0.4 is 15.4 Å².